The van der Waals surface area contributed by atoms with Crippen molar-refractivity contribution in [1.82, 2.24) is 0 Å². The van der Waals surface area contributed by atoms with Crippen LogP contribution in [0.5, 0.6) is 5.75 Å². The molecule has 0 saturated carbocycles. The first kappa shape index (κ1) is 13.1. The summed E-state index contributed by atoms with van der Waals surface area (Å²) in [4.78, 5) is 1.63. The highest BCUT2D eigenvalue weighted by Crippen LogP contribution is 2.37. The molecule has 0 amide bonds. The van der Waals surface area contributed by atoms with Crippen LogP contribution in [0, 0.1) is 0 Å². The second-order valence-corrected chi connectivity index (χ2v) is 6.52. The molecule has 1 nitrogen and oxygen atoms in total. The molecule has 17 heavy (non-hydrogen) atoms. The Morgan fingerprint density at radius 3 is 2.71 bits per heavy atom. The smallest absolute Gasteiger partial charge is 0.122 e. The van der Waals surface area contributed by atoms with Crippen LogP contribution in [0.1, 0.15) is 15.3 Å². The van der Waals surface area contributed by atoms with E-state index in [9.17, 15) is 0 Å². The number of ether oxygens (including phenoxy) is 1. The number of hydrogen-bond acceptors (Lipinski definition) is 2. The van der Waals surface area contributed by atoms with Crippen LogP contribution in [-0.4, -0.2) is 7.11 Å². The molecule has 1 heterocycles. The van der Waals surface area contributed by atoms with Crippen molar-refractivity contribution in [3.8, 4) is 5.75 Å². The summed E-state index contributed by atoms with van der Waals surface area (Å²) in [5, 5.41) is 2.09. The van der Waals surface area contributed by atoms with Crippen molar-refractivity contribution in [2.75, 3.05) is 7.11 Å². The Bertz CT molecular complexity index is 496. The summed E-state index contributed by atoms with van der Waals surface area (Å²) in [6, 6.07) is 10.2. The van der Waals surface area contributed by atoms with E-state index in [1.165, 1.54) is 14.9 Å². The second-order valence-electron chi connectivity index (χ2n) is 3.62. The third-order valence-electron chi connectivity index (χ3n) is 2.52. The lowest BCUT2D eigenvalue weighted by Gasteiger charge is -2.12. The van der Waals surface area contributed by atoms with Crippen LogP contribution in [0.4, 0.5) is 0 Å². The summed E-state index contributed by atoms with van der Waals surface area (Å²) in [7, 11) is 1.71. The highest BCUT2D eigenvalue weighted by Gasteiger charge is 2.15. The van der Waals surface area contributed by atoms with Gasteiger partial charge in [-0.15, -0.1) is 11.3 Å². The molecule has 1 aromatic heterocycles. The van der Waals surface area contributed by atoms with Crippen LogP contribution < -0.4 is 4.74 Å². The molecule has 0 aliphatic rings. The van der Waals surface area contributed by atoms with E-state index in [0.29, 0.717) is 4.83 Å². The molecule has 0 bridgehead atoms. The van der Waals surface area contributed by atoms with Gasteiger partial charge in [-0.05, 0) is 45.4 Å². The van der Waals surface area contributed by atoms with E-state index >= 15 is 0 Å². The monoisotopic (exact) mass is 374 g/mol. The zero-order chi connectivity index (χ0) is 12.3. The van der Waals surface area contributed by atoms with E-state index in [1.54, 1.807) is 18.4 Å². The van der Waals surface area contributed by atoms with Crippen molar-refractivity contribution in [1.29, 1.82) is 0 Å². The number of methoxy groups -OCH3 is 1. The molecule has 0 N–H and O–H groups in total. The van der Waals surface area contributed by atoms with Gasteiger partial charge >= 0.3 is 0 Å². The second kappa shape index (κ2) is 6.03. The summed E-state index contributed by atoms with van der Waals surface area (Å²) in [6.45, 7) is 0. The summed E-state index contributed by atoms with van der Waals surface area (Å²) >= 11 is 9.06. The Kier molecular flexibility index (Phi) is 4.65. The van der Waals surface area contributed by atoms with Crippen molar-refractivity contribution < 1.29 is 4.74 Å². The number of hydrogen-bond donors (Lipinski definition) is 0. The van der Waals surface area contributed by atoms with Crippen LogP contribution in [0.15, 0.2) is 40.2 Å². The lowest BCUT2D eigenvalue weighted by Crippen LogP contribution is -1.97. The van der Waals surface area contributed by atoms with Crippen LogP contribution in [0.25, 0.3) is 0 Å². The molecule has 0 aliphatic carbocycles. The van der Waals surface area contributed by atoms with Crippen LogP contribution in [0.3, 0.4) is 0 Å². The molecule has 2 rings (SSSR count). The Balaban J connectivity index is 2.18. The predicted octanol–water partition coefficient (Wildman–Crippen LogP) is 5.20. The fourth-order valence-electron chi connectivity index (χ4n) is 1.69. The normalized spacial score (nSPS) is 12.4. The van der Waals surface area contributed by atoms with Gasteiger partial charge in [0.25, 0.3) is 0 Å². The number of benzene rings is 1. The molecule has 4 heteroatoms. The van der Waals surface area contributed by atoms with Crippen molar-refractivity contribution >= 4 is 43.2 Å². The third-order valence-corrected chi connectivity index (χ3v) is 5.59. The summed E-state index contributed by atoms with van der Waals surface area (Å²) in [5.41, 5.74) is 1.22. The molecule has 0 spiro atoms. The Morgan fingerprint density at radius 1 is 1.29 bits per heavy atom. The standard InChI is InChI=1S/C13H12Br2OS/c1-16-12-5-3-2-4-9(12)8-11(15)13-10(14)6-7-17-13/h2-7,11H,8H2,1H3. The van der Waals surface area contributed by atoms with Gasteiger partial charge in [0.2, 0.25) is 0 Å². The molecule has 0 saturated heterocycles. The van der Waals surface area contributed by atoms with Crippen molar-refractivity contribution in [2.45, 2.75) is 11.2 Å². The van der Waals surface area contributed by atoms with E-state index in [0.717, 1.165) is 12.2 Å². The molecular weight excluding hydrogens is 364 g/mol. The molecule has 0 fully saturated rings. The highest BCUT2D eigenvalue weighted by molar-refractivity contribution is 9.11. The number of halogens is 2. The maximum absolute atomic E-state index is 5.36. The average molecular weight is 376 g/mol. The van der Waals surface area contributed by atoms with E-state index in [1.807, 2.05) is 18.2 Å². The minimum atomic E-state index is 0.313. The van der Waals surface area contributed by atoms with Gasteiger partial charge in [-0.3, -0.25) is 0 Å². The molecule has 1 aromatic carbocycles. The number of alkyl halides is 1. The number of para-hydroxylation sites is 1. The Labute approximate surface area is 122 Å². The summed E-state index contributed by atoms with van der Waals surface area (Å²) < 4.78 is 6.53. The first-order chi connectivity index (χ1) is 8.22. The molecule has 0 radical (unpaired) electrons. The largest absolute Gasteiger partial charge is 0.496 e. The van der Waals surface area contributed by atoms with E-state index in [-0.39, 0.29) is 0 Å². The SMILES string of the molecule is COc1ccccc1CC(Br)c1sccc1Br. The fraction of sp³-hybridized carbons (Fsp3) is 0.231. The van der Waals surface area contributed by atoms with Gasteiger partial charge < -0.3 is 4.74 Å². The first-order valence-corrected chi connectivity index (χ1v) is 7.80. The van der Waals surface area contributed by atoms with Crippen LogP contribution >= 0.6 is 43.2 Å². The number of rotatable bonds is 4. The van der Waals surface area contributed by atoms with Gasteiger partial charge in [0.15, 0.2) is 0 Å². The minimum absolute atomic E-state index is 0.313. The maximum atomic E-state index is 5.36. The summed E-state index contributed by atoms with van der Waals surface area (Å²) in [5.74, 6) is 0.949. The van der Waals surface area contributed by atoms with E-state index < -0.39 is 0 Å². The molecule has 0 aliphatic heterocycles. The Hall–Kier alpha value is -0.320. The van der Waals surface area contributed by atoms with Gasteiger partial charge in [0.05, 0.1) is 11.9 Å². The predicted molar refractivity (Wildman–Crippen MR) is 80.4 cm³/mol. The quantitative estimate of drug-likeness (QED) is 0.667. The zero-order valence-corrected chi connectivity index (χ0v) is 13.3. The lowest BCUT2D eigenvalue weighted by molar-refractivity contribution is 0.409. The topological polar surface area (TPSA) is 9.23 Å². The average Bonchev–Trinajstić information content (AvgIpc) is 2.76. The minimum Gasteiger partial charge on any atom is -0.496 e. The summed E-state index contributed by atoms with van der Waals surface area (Å²) in [6.07, 6.45) is 0.920. The third kappa shape index (κ3) is 3.12. The maximum Gasteiger partial charge on any atom is 0.122 e. The van der Waals surface area contributed by atoms with Crippen molar-refractivity contribution in [3.63, 3.8) is 0 Å². The van der Waals surface area contributed by atoms with E-state index in [4.69, 9.17) is 4.74 Å². The molecule has 1 unspecified atom stereocenters. The van der Waals surface area contributed by atoms with Crippen molar-refractivity contribution in [2.24, 2.45) is 0 Å². The van der Waals surface area contributed by atoms with Crippen LogP contribution in [-0.2, 0) is 6.42 Å². The fourth-order valence-corrected chi connectivity index (χ4v) is 4.54. The highest BCUT2D eigenvalue weighted by atomic mass is 79.9. The van der Waals surface area contributed by atoms with E-state index in [2.05, 4.69) is 49.4 Å². The zero-order valence-electron chi connectivity index (χ0n) is 9.32. The van der Waals surface area contributed by atoms with Gasteiger partial charge in [0.1, 0.15) is 5.75 Å². The number of thiophene rings is 1. The van der Waals surface area contributed by atoms with Gasteiger partial charge in [-0.1, -0.05) is 34.1 Å². The van der Waals surface area contributed by atoms with Crippen molar-refractivity contribution in [3.05, 3.63) is 50.6 Å². The molecular formula is C13H12Br2OS. The molecule has 1 atom stereocenters. The van der Waals surface area contributed by atoms with Crippen LogP contribution in [0.2, 0.25) is 0 Å². The first-order valence-electron chi connectivity index (χ1n) is 5.21. The lowest BCUT2D eigenvalue weighted by atomic mass is 10.1. The van der Waals surface area contributed by atoms with Gasteiger partial charge in [0, 0.05) is 9.35 Å². The Morgan fingerprint density at radius 2 is 2.06 bits per heavy atom. The molecule has 90 valence electrons. The van der Waals surface area contributed by atoms with Gasteiger partial charge in [-0.2, -0.15) is 0 Å². The van der Waals surface area contributed by atoms with Gasteiger partial charge in [-0.25, -0.2) is 0 Å². The molecule has 2 aromatic rings.